The van der Waals surface area contributed by atoms with E-state index in [0.29, 0.717) is 0 Å². The molecular weight excluding hydrogens is 277 g/mol. The van der Waals surface area contributed by atoms with Crippen LogP contribution in [0.1, 0.15) is 20.7 Å². The number of carboxylic acid groups (broad SMARTS) is 2. The van der Waals surface area contributed by atoms with Crippen LogP contribution in [0.2, 0.25) is 0 Å². The first-order valence-corrected chi connectivity index (χ1v) is 5.05. The van der Waals surface area contributed by atoms with Gasteiger partial charge < -0.3 is 15.3 Å². The number of nitroso groups, excluding NO2 is 1. The summed E-state index contributed by atoms with van der Waals surface area (Å²) < 4.78 is 0. The van der Waals surface area contributed by atoms with Crippen LogP contribution in [0.25, 0.3) is 10.8 Å². The number of benzene rings is 2. The van der Waals surface area contributed by atoms with Gasteiger partial charge in [0.15, 0.2) is 11.4 Å². The van der Waals surface area contributed by atoms with Gasteiger partial charge in [-0.2, -0.15) is 0 Å². The van der Waals surface area contributed by atoms with Gasteiger partial charge in [0.1, 0.15) is 5.56 Å². The summed E-state index contributed by atoms with van der Waals surface area (Å²) in [6, 6.07) is 4.83. The minimum atomic E-state index is -1.44. The number of nitrogens with zero attached hydrogens (tertiary/aromatic N) is 1. The van der Waals surface area contributed by atoms with Gasteiger partial charge in [-0.3, -0.25) is 0 Å². The van der Waals surface area contributed by atoms with Crippen molar-refractivity contribution >= 4 is 58.0 Å². The number of phenols is 1. The van der Waals surface area contributed by atoms with Crippen LogP contribution in [-0.4, -0.2) is 56.8 Å². The maximum absolute atomic E-state index is 10.9. The molecule has 0 amide bonds. The Morgan fingerprint density at radius 3 is 2.20 bits per heavy atom. The average molecular weight is 285 g/mol. The molecule has 7 nitrogen and oxygen atoms in total. The molecule has 0 spiro atoms. The van der Waals surface area contributed by atoms with E-state index in [0.717, 1.165) is 6.07 Å². The third kappa shape index (κ3) is 2.64. The van der Waals surface area contributed by atoms with Gasteiger partial charge in [-0.15, -0.1) is 4.91 Å². The predicted octanol–water partition coefficient (Wildman–Crippen LogP) is 1.69. The monoisotopic (exact) mass is 285 g/mol. The van der Waals surface area contributed by atoms with Gasteiger partial charge in [0.2, 0.25) is 0 Å². The normalized spacial score (nSPS) is 9.80. The molecule has 0 saturated heterocycles. The Morgan fingerprint density at radius 2 is 1.70 bits per heavy atom. The third-order valence-corrected chi connectivity index (χ3v) is 2.65. The van der Waals surface area contributed by atoms with Crippen LogP contribution in [0, 0.1) is 4.91 Å². The second kappa shape index (κ2) is 6.00. The Kier molecular flexibility index (Phi) is 4.83. The van der Waals surface area contributed by atoms with E-state index in [4.69, 9.17) is 10.2 Å². The molecule has 8 heteroatoms. The summed E-state index contributed by atoms with van der Waals surface area (Å²) in [6.45, 7) is 0. The molecule has 0 radical (unpaired) electrons. The summed E-state index contributed by atoms with van der Waals surface area (Å²) >= 11 is 0. The molecule has 2 rings (SSSR count). The number of carbonyl (C=O) groups is 2. The van der Waals surface area contributed by atoms with Crippen molar-refractivity contribution in [2.24, 2.45) is 5.18 Å². The van der Waals surface area contributed by atoms with Crippen LogP contribution in [0.4, 0.5) is 5.69 Å². The first-order valence-electron chi connectivity index (χ1n) is 5.05. The maximum atomic E-state index is 10.9. The second-order valence-corrected chi connectivity index (χ2v) is 3.76. The quantitative estimate of drug-likeness (QED) is 0.582. The zero-order chi connectivity index (χ0) is 14.2. The molecular formula is C12H8NNaO6. The van der Waals surface area contributed by atoms with Gasteiger partial charge in [0.25, 0.3) is 0 Å². The van der Waals surface area contributed by atoms with E-state index in [9.17, 15) is 19.6 Å². The zero-order valence-electron chi connectivity index (χ0n) is 9.32. The standard InChI is InChI=1S/C12H7NO6.Na.H/c14-10-8(12(17)18)4-6-3-5(11(15)16)1-2-7(6)9(10)13-19;;/h1-4,14H,(H,15,16)(H,17,18);;. The van der Waals surface area contributed by atoms with Gasteiger partial charge >= 0.3 is 41.5 Å². The van der Waals surface area contributed by atoms with Crippen molar-refractivity contribution in [3.8, 4) is 5.75 Å². The first kappa shape index (κ1) is 16.1. The van der Waals surface area contributed by atoms with E-state index in [2.05, 4.69) is 5.18 Å². The van der Waals surface area contributed by atoms with E-state index in [1.54, 1.807) is 0 Å². The third-order valence-electron chi connectivity index (χ3n) is 2.65. The van der Waals surface area contributed by atoms with Crippen LogP contribution < -0.4 is 0 Å². The molecule has 0 heterocycles. The van der Waals surface area contributed by atoms with Crippen LogP contribution in [0.5, 0.6) is 5.75 Å². The molecule has 98 valence electrons. The molecule has 0 saturated carbocycles. The number of aromatic hydroxyl groups is 1. The molecule has 0 aliphatic heterocycles. The van der Waals surface area contributed by atoms with E-state index in [1.165, 1.54) is 18.2 Å². The van der Waals surface area contributed by atoms with E-state index in [1.807, 2.05) is 0 Å². The topological polar surface area (TPSA) is 124 Å². The fraction of sp³-hybridized carbons (Fsp3) is 0. The Morgan fingerprint density at radius 1 is 1.05 bits per heavy atom. The van der Waals surface area contributed by atoms with E-state index < -0.39 is 28.9 Å². The molecule has 2 aromatic carbocycles. The molecule has 0 bridgehead atoms. The van der Waals surface area contributed by atoms with Gasteiger partial charge in [-0.05, 0) is 28.8 Å². The van der Waals surface area contributed by atoms with Gasteiger partial charge in [-0.25, -0.2) is 9.59 Å². The summed E-state index contributed by atoms with van der Waals surface area (Å²) in [7, 11) is 0. The molecule has 2 aromatic rings. The van der Waals surface area contributed by atoms with Crippen LogP contribution in [0.15, 0.2) is 29.4 Å². The number of hydrogen-bond acceptors (Lipinski definition) is 5. The van der Waals surface area contributed by atoms with Crippen molar-refractivity contribution in [3.63, 3.8) is 0 Å². The number of fused-ring (bicyclic) bond motifs is 1. The molecule has 0 unspecified atom stereocenters. The van der Waals surface area contributed by atoms with E-state index in [-0.39, 0.29) is 45.9 Å². The van der Waals surface area contributed by atoms with Crippen molar-refractivity contribution in [1.82, 2.24) is 0 Å². The second-order valence-electron chi connectivity index (χ2n) is 3.76. The van der Waals surface area contributed by atoms with Crippen LogP contribution in [0.3, 0.4) is 0 Å². The fourth-order valence-corrected chi connectivity index (χ4v) is 1.77. The Balaban J connectivity index is 0.00000200. The zero-order valence-corrected chi connectivity index (χ0v) is 9.32. The molecule has 0 atom stereocenters. The Bertz CT molecular complexity index is 727. The molecule has 20 heavy (non-hydrogen) atoms. The van der Waals surface area contributed by atoms with Crippen molar-refractivity contribution in [2.45, 2.75) is 0 Å². The number of rotatable bonds is 3. The summed E-state index contributed by atoms with van der Waals surface area (Å²) in [5.41, 5.74) is -0.997. The summed E-state index contributed by atoms with van der Waals surface area (Å²) in [6.07, 6.45) is 0. The molecule has 0 aromatic heterocycles. The summed E-state index contributed by atoms with van der Waals surface area (Å²) in [5.74, 6) is -3.37. The Hall–Kier alpha value is -1.96. The molecule has 0 fully saturated rings. The Labute approximate surface area is 134 Å². The number of carboxylic acids is 2. The number of aromatic carboxylic acids is 2. The van der Waals surface area contributed by atoms with Crippen LogP contribution in [-0.2, 0) is 0 Å². The first-order chi connectivity index (χ1) is 8.95. The molecule has 0 aliphatic carbocycles. The van der Waals surface area contributed by atoms with Crippen molar-refractivity contribution in [1.29, 1.82) is 0 Å². The number of hydrogen-bond donors (Lipinski definition) is 3. The van der Waals surface area contributed by atoms with Crippen molar-refractivity contribution < 1.29 is 24.9 Å². The summed E-state index contributed by atoms with van der Waals surface area (Å²) in [5, 5.41) is 30.4. The minimum absolute atomic E-state index is 0. The molecule has 3 N–H and O–H groups in total. The van der Waals surface area contributed by atoms with Gasteiger partial charge in [0, 0.05) is 5.39 Å². The van der Waals surface area contributed by atoms with Gasteiger partial charge in [0.05, 0.1) is 5.56 Å². The van der Waals surface area contributed by atoms with Crippen molar-refractivity contribution in [3.05, 3.63) is 40.3 Å². The van der Waals surface area contributed by atoms with Crippen LogP contribution >= 0.6 is 0 Å². The summed E-state index contributed by atoms with van der Waals surface area (Å²) in [4.78, 5) is 32.5. The average Bonchev–Trinajstić information content (AvgIpc) is 2.37. The van der Waals surface area contributed by atoms with E-state index >= 15 is 0 Å². The SMILES string of the molecule is O=Nc1c(O)c(C(=O)O)cc2cc(C(=O)O)ccc12.[NaH]. The van der Waals surface area contributed by atoms with Gasteiger partial charge in [-0.1, -0.05) is 6.07 Å². The predicted molar refractivity (Wildman–Crippen MR) is 72.1 cm³/mol. The fourth-order valence-electron chi connectivity index (χ4n) is 1.77. The van der Waals surface area contributed by atoms with Crippen molar-refractivity contribution in [2.75, 3.05) is 0 Å². The molecule has 0 aliphatic rings.